The lowest BCUT2D eigenvalue weighted by atomic mass is 10.3. The van der Waals surface area contributed by atoms with Crippen LogP contribution in [0, 0.1) is 5.82 Å². The van der Waals surface area contributed by atoms with E-state index in [0.29, 0.717) is 10.6 Å². The van der Waals surface area contributed by atoms with Gasteiger partial charge in [0, 0.05) is 23.7 Å². The van der Waals surface area contributed by atoms with Crippen LogP contribution >= 0.6 is 11.8 Å². The first kappa shape index (κ1) is 15.6. The molecule has 2 amide bonds. The van der Waals surface area contributed by atoms with E-state index in [0.717, 1.165) is 24.6 Å². The summed E-state index contributed by atoms with van der Waals surface area (Å²) in [6.07, 6.45) is 2.02. The van der Waals surface area contributed by atoms with E-state index in [1.54, 1.807) is 7.05 Å². The zero-order valence-corrected chi connectivity index (χ0v) is 12.6. The maximum atomic E-state index is 13.1. The van der Waals surface area contributed by atoms with Crippen molar-refractivity contribution in [2.45, 2.75) is 23.8 Å². The van der Waals surface area contributed by atoms with Crippen LogP contribution in [0.5, 0.6) is 0 Å². The molecular formula is C14H18FN3O2S. The number of hydrogen-bond acceptors (Lipinski definition) is 4. The molecule has 0 aromatic heterocycles. The third kappa shape index (κ3) is 4.93. The number of nitrogens with two attached hydrogens (primary N) is 1. The van der Waals surface area contributed by atoms with Crippen molar-refractivity contribution in [2.24, 2.45) is 0 Å². The van der Waals surface area contributed by atoms with Gasteiger partial charge in [0.05, 0.1) is 12.3 Å². The van der Waals surface area contributed by atoms with E-state index < -0.39 is 5.82 Å². The van der Waals surface area contributed by atoms with Gasteiger partial charge in [-0.2, -0.15) is 0 Å². The molecule has 0 heterocycles. The molecule has 7 heteroatoms. The van der Waals surface area contributed by atoms with Gasteiger partial charge in [0.15, 0.2) is 0 Å². The number of halogens is 1. The first-order valence-electron chi connectivity index (χ1n) is 6.67. The predicted octanol–water partition coefficient (Wildman–Crippen LogP) is 1.24. The van der Waals surface area contributed by atoms with E-state index in [4.69, 9.17) is 5.73 Å². The van der Waals surface area contributed by atoms with E-state index in [1.807, 2.05) is 0 Å². The predicted molar refractivity (Wildman–Crippen MR) is 80.3 cm³/mol. The lowest BCUT2D eigenvalue weighted by Gasteiger charge is -2.16. The zero-order valence-electron chi connectivity index (χ0n) is 11.8. The molecule has 114 valence electrons. The Morgan fingerprint density at radius 1 is 1.48 bits per heavy atom. The normalized spacial score (nSPS) is 13.8. The molecule has 1 aliphatic rings. The van der Waals surface area contributed by atoms with Crippen molar-refractivity contribution in [2.75, 3.05) is 25.1 Å². The molecule has 0 unspecified atom stereocenters. The second-order valence-electron chi connectivity index (χ2n) is 5.06. The molecule has 0 aliphatic heterocycles. The van der Waals surface area contributed by atoms with Crippen molar-refractivity contribution in [3.05, 3.63) is 24.0 Å². The van der Waals surface area contributed by atoms with E-state index in [2.05, 4.69) is 5.32 Å². The molecule has 1 saturated carbocycles. The zero-order chi connectivity index (χ0) is 15.4. The van der Waals surface area contributed by atoms with Crippen molar-refractivity contribution in [1.29, 1.82) is 0 Å². The van der Waals surface area contributed by atoms with E-state index in [1.165, 1.54) is 23.1 Å². The van der Waals surface area contributed by atoms with Crippen molar-refractivity contribution >= 4 is 29.3 Å². The maximum Gasteiger partial charge on any atom is 0.239 e. The van der Waals surface area contributed by atoms with Crippen molar-refractivity contribution in [3.63, 3.8) is 0 Å². The Kier molecular flexibility index (Phi) is 5.06. The number of carbonyl (C=O) groups excluding carboxylic acids is 2. The van der Waals surface area contributed by atoms with Crippen LogP contribution in [0.25, 0.3) is 0 Å². The Morgan fingerprint density at radius 3 is 2.86 bits per heavy atom. The summed E-state index contributed by atoms with van der Waals surface area (Å²) in [6.45, 7) is 0.0362. The molecular weight excluding hydrogens is 293 g/mol. The molecule has 3 N–H and O–H groups in total. The van der Waals surface area contributed by atoms with Crippen LogP contribution in [-0.2, 0) is 9.59 Å². The summed E-state index contributed by atoms with van der Waals surface area (Å²) in [7, 11) is 1.57. The number of anilines is 1. The van der Waals surface area contributed by atoms with Crippen LogP contribution in [0.3, 0.4) is 0 Å². The average Bonchev–Trinajstić information content (AvgIpc) is 3.23. The summed E-state index contributed by atoms with van der Waals surface area (Å²) in [5, 5.41) is 2.82. The molecule has 1 fully saturated rings. The highest BCUT2D eigenvalue weighted by Gasteiger charge is 2.24. The fourth-order valence-electron chi connectivity index (χ4n) is 1.69. The smallest absolute Gasteiger partial charge is 0.239 e. The van der Waals surface area contributed by atoms with Crippen LogP contribution in [-0.4, -0.2) is 42.1 Å². The number of nitrogens with zero attached hydrogens (tertiary/aromatic N) is 1. The SMILES string of the molecule is CN(CC(=O)NC1CC1)C(=O)CSc1cc(F)ccc1N. The minimum Gasteiger partial charge on any atom is -0.398 e. The first-order chi connectivity index (χ1) is 9.95. The summed E-state index contributed by atoms with van der Waals surface area (Å²) < 4.78 is 13.1. The first-order valence-corrected chi connectivity index (χ1v) is 7.65. The number of rotatable bonds is 6. The van der Waals surface area contributed by atoms with Gasteiger partial charge in [-0.1, -0.05) is 0 Å². The van der Waals surface area contributed by atoms with Gasteiger partial charge in [-0.25, -0.2) is 4.39 Å². The highest BCUT2D eigenvalue weighted by molar-refractivity contribution is 8.00. The number of carbonyl (C=O) groups is 2. The van der Waals surface area contributed by atoms with Crippen LogP contribution < -0.4 is 11.1 Å². The number of hydrogen-bond donors (Lipinski definition) is 2. The van der Waals surface area contributed by atoms with Crippen molar-refractivity contribution < 1.29 is 14.0 Å². The molecule has 0 bridgehead atoms. The largest absolute Gasteiger partial charge is 0.398 e. The van der Waals surface area contributed by atoms with Gasteiger partial charge >= 0.3 is 0 Å². The lowest BCUT2D eigenvalue weighted by Crippen LogP contribution is -2.39. The highest BCUT2D eigenvalue weighted by Crippen LogP contribution is 2.25. The summed E-state index contributed by atoms with van der Waals surface area (Å²) >= 11 is 1.16. The van der Waals surface area contributed by atoms with Gasteiger partial charge in [-0.15, -0.1) is 11.8 Å². The Bertz CT molecular complexity index is 549. The molecule has 1 aromatic carbocycles. The minimum atomic E-state index is -0.392. The topological polar surface area (TPSA) is 75.4 Å². The summed E-state index contributed by atoms with van der Waals surface area (Å²) in [6, 6.07) is 4.32. The van der Waals surface area contributed by atoms with Gasteiger partial charge < -0.3 is 16.0 Å². The fraction of sp³-hybridized carbons (Fsp3) is 0.429. The lowest BCUT2D eigenvalue weighted by molar-refractivity contribution is -0.132. The second-order valence-corrected chi connectivity index (χ2v) is 6.08. The van der Waals surface area contributed by atoms with Gasteiger partial charge in [0.1, 0.15) is 5.82 Å². The van der Waals surface area contributed by atoms with Gasteiger partial charge in [0.2, 0.25) is 11.8 Å². The van der Waals surface area contributed by atoms with Crippen LogP contribution in [0.2, 0.25) is 0 Å². The van der Waals surface area contributed by atoms with Crippen molar-refractivity contribution in [3.8, 4) is 0 Å². The molecule has 1 aromatic rings. The molecule has 5 nitrogen and oxygen atoms in total. The molecule has 0 radical (unpaired) electrons. The Morgan fingerprint density at radius 2 is 2.19 bits per heavy atom. The average molecular weight is 311 g/mol. The van der Waals surface area contributed by atoms with E-state index in [-0.39, 0.29) is 30.2 Å². The molecule has 1 aliphatic carbocycles. The quantitative estimate of drug-likeness (QED) is 0.612. The molecule has 0 spiro atoms. The van der Waals surface area contributed by atoms with Gasteiger partial charge in [-0.05, 0) is 31.0 Å². The number of benzene rings is 1. The number of nitrogens with one attached hydrogen (secondary N) is 1. The Hall–Kier alpha value is -1.76. The standard InChI is InChI=1S/C14H18FN3O2S/c1-18(7-13(19)17-10-3-4-10)14(20)8-21-12-6-9(15)2-5-11(12)16/h2,5-6,10H,3-4,7-8,16H2,1H3,(H,17,19). The summed E-state index contributed by atoms with van der Waals surface area (Å²) in [4.78, 5) is 25.4. The number of thioether (sulfide) groups is 1. The molecule has 0 atom stereocenters. The van der Waals surface area contributed by atoms with Gasteiger partial charge in [0.25, 0.3) is 0 Å². The Labute approximate surface area is 127 Å². The summed E-state index contributed by atoms with van der Waals surface area (Å²) in [5.41, 5.74) is 6.15. The van der Waals surface area contributed by atoms with Crippen molar-refractivity contribution in [1.82, 2.24) is 10.2 Å². The molecule has 21 heavy (non-hydrogen) atoms. The van der Waals surface area contributed by atoms with Gasteiger partial charge in [-0.3, -0.25) is 9.59 Å². The fourth-order valence-corrected chi connectivity index (χ4v) is 2.62. The third-order valence-electron chi connectivity index (χ3n) is 3.08. The summed E-state index contributed by atoms with van der Waals surface area (Å²) in [5.74, 6) is -0.629. The molecule has 2 rings (SSSR count). The minimum absolute atomic E-state index is 0.0362. The van der Waals surface area contributed by atoms with E-state index in [9.17, 15) is 14.0 Å². The van der Waals surface area contributed by atoms with Crippen LogP contribution in [0.1, 0.15) is 12.8 Å². The maximum absolute atomic E-state index is 13.1. The number of nitrogen functional groups attached to an aromatic ring is 1. The van der Waals surface area contributed by atoms with E-state index >= 15 is 0 Å². The number of likely N-dealkylation sites (N-methyl/N-ethyl adjacent to an activating group) is 1. The number of amides is 2. The Balaban J connectivity index is 1.79. The van der Waals surface area contributed by atoms with Crippen LogP contribution in [0.4, 0.5) is 10.1 Å². The monoisotopic (exact) mass is 311 g/mol. The molecule has 0 saturated heterocycles. The highest BCUT2D eigenvalue weighted by atomic mass is 32.2. The van der Waals surface area contributed by atoms with Crippen LogP contribution in [0.15, 0.2) is 23.1 Å². The third-order valence-corrected chi connectivity index (χ3v) is 4.13. The second kappa shape index (κ2) is 6.80.